The van der Waals surface area contributed by atoms with Gasteiger partial charge in [0.25, 0.3) is 0 Å². The van der Waals surface area contributed by atoms with Crippen molar-refractivity contribution in [2.45, 2.75) is 63.3 Å². The Bertz CT molecular complexity index is 592. The van der Waals surface area contributed by atoms with E-state index in [1.54, 1.807) is 12.1 Å². The molecule has 2 bridgehead atoms. The van der Waals surface area contributed by atoms with Gasteiger partial charge in [-0.2, -0.15) is 0 Å². The summed E-state index contributed by atoms with van der Waals surface area (Å²) in [5, 5.41) is 18.0. The van der Waals surface area contributed by atoms with Crippen molar-refractivity contribution in [3.63, 3.8) is 0 Å². The average Bonchev–Trinajstić information content (AvgIpc) is 2.61. The number of halogens is 1. The molecule has 0 aromatic heterocycles. The van der Waals surface area contributed by atoms with Gasteiger partial charge in [0, 0.05) is 29.7 Å². The molecule has 5 nitrogen and oxygen atoms in total. The highest BCUT2D eigenvalue weighted by molar-refractivity contribution is 6.30. The van der Waals surface area contributed by atoms with Gasteiger partial charge >= 0.3 is 0 Å². The number of rotatable bonds is 5. The molecule has 2 saturated heterocycles. The average molecular weight is 379 g/mol. The van der Waals surface area contributed by atoms with E-state index in [1.165, 1.54) is 19.3 Å². The SMILES string of the molecule is CCNC(=NCC(O)c1ccc(Cl)cc1)NC1CC2CCCC(C1)N2C. The number of nitrogens with zero attached hydrogens (tertiary/aromatic N) is 2. The zero-order chi connectivity index (χ0) is 18.5. The molecule has 0 radical (unpaired) electrons. The van der Waals surface area contributed by atoms with Crippen LogP contribution < -0.4 is 10.6 Å². The molecule has 0 aliphatic carbocycles. The molecule has 144 valence electrons. The topological polar surface area (TPSA) is 59.9 Å². The van der Waals surface area contributed by atoms with Crippen LogP contribution in [0.25, 0.3) is 0 Å². The first-order valence-electron chi connectivity index (χ1n) is 9.77. The molecule has 6 heteroatoms. The monoisotopic (exact) mass is 378 g/mol. The molecule has 1 aromatic carbocycles. The third-order valence-electron chi connectivity index (χ3n) is 5.70. The maximum absolute atomic E-state index is 10.4. The maximum Gasteiger partial charge on any atom is 0.191 e. The van der Waals surface area contributed by atoms with Crippen molar-refractivity contribution < 1.29 is 5.11 Å². The van der Waals surface area contributed by atoms with Gasteiger partial charge in [-0.15, -0.1) is 0 Å². The number of aliphatic hydroxyl groups is 1. The third kappa shape index (κ3) is 4.90. The second-order valence-electron chi connectivity index (χ2n) is 7.50. The fraction of sp³-hybridized carbons (Fsp3) is 0.650. The number of nitrogens with one attached hydrogen (secondary N) is 2. The minimum atomic E-state index is -0.625. The smallest absolute Gasteiger partial charge is 0.191 e. The third-order valence-corrected chi connectivity index (χ3v) is 5.95. The molecule has 3 atom stereocenters. The van der Waals surface area contributed by atoms with E-state index in [0.717, 1.165) is 30.9 Å². The van der Waals surface area contributed by atoms with E-state index >= 15 is 0 Å². The summed E-state index contributed by atoms with van der Waals surface area (Å²) in [5.41, 5.74) is 0.836. The van der Waals surface area contributed by atoms with Gasteiger partial charge in [0.2, 0.25) is 0 Å². The van der Waals surface area contributed by atoms with Gasteiger partial charge in [0.1, 0.15) is 0 Å². The van der Waals surface area contributed by atoms with Crippen molar-refractivity contribution in [2.75, 3.05) is 20.1 Å². The second-order valence-corrected chi connectivity index (χ2v) is 7.94. The van der Waals surface area contributed by atoms with Crippen molar-refractivity contribution in [1.82, 2.24) is 15.5 Å². The Labute approximate surface area is 161 Å². The summed E-state index contributed by atoms with van der Waals surface area (Å²) >= 11 is 5.91. The first kappa shape index (κ1) is 19.5. The van der Waals surface area contributed by atoms with Crippen LogP contribution in [-0.2, 0) is 0 Å². The molecule has 2 aliphatic rings. The van der Waals surface area contributed by atoms with Crippen molar-refractivity contribution in [2.24, 2.45) is 4.99 Å². The van der Waals surface area contributed by atoms with Crippen molar-refractivity contribution in [3.8, 4) is 0 Å². The van der Waals surface area contributed by atoms with E-state index < -0.39 is 6.10 Å². The van der Waals surface area contributed by atoms with Crippen LogP contribution in [0.15, 0.2) is 29.3 Å². The van der Waals surface area contributed by atoms with Crippen LogP contribution in [-0.4, -0.2) is 54.2 Å². The molecule has 26 heavy (non-hydrogen) atoms. The summed E-state index contributed by atoms with van der Waals surface area (Å²) in [6.45, 7) is 3.20. The molecule has 2 heterocycles. The minimum Gasteiger partial charge on any atom is -0.386 e. The van der Waals surface area contributed by atoms with Crippen LogP contribution in [0.1, 0.15) is 50.7 Å². The highest BCUT2D eigenvalue weighted by Gasteiger charge is 2.36. The fourth-order valence-corrected chi connectivity index (χ4v) is 4.34. The Morgan fingerprint density at radius 1 is 1.27 bits per heavy atom. The summed E-state index contributed by atoms with van der Waals surface area (Å²) in [6, 6.07) is 9.11. The minimum absolute atomic E-state index is 0.330. The highest BCUT2D eigenvalue weighted by Crippen LogP contribution is 2.32. The van der Waals surface area contributed by atoms with Crippen LogP contribution in [0.5, 0.6) is 0 Å². The van der Waals surface area contributed by atoms with Gasteiger partial charge in [-0.25, -0.2) is 0 Å². The molecular formula is C20H31ClN4O. The van der Waals surface area contributed by atoms with E-state index in [0.29, 0.717) is 29.7 Å². The predicted molar refractivity (Wildman–Crippen MR) is 108 cm³/mol. The van der Waals surface area contributed by atoms with Crippen molar-refractivity contribution >= 4 is 17.6 Å². The Morgan fingerprint density at radius 3 is 2.54 bits per heavy atom. The van der Waals surface area contributed by atoms with Crippen LogP contribution in [0.2, 0.25) is 5.02 Å². The summed E-state index contributed by atoms with van der Waals surface area (Å²) in [7, 11) is 2.27. The Morgan fingerprint density at radius 2 is 1.92 bits per heavy atom. The Hall–Kier alpha value is -1.30. The first-order valence-corrected chi connectivity index (χ1v) is 10.1. The van der Waals surface area contributed by atoms with E-state index in [2.05, 4.69) is 34.5 Å². The molecule has 3 N–H and O–H groups in total. The summed E-state index contributed by atoms with van der Waals surface area (Å²) in [6.07, 6.45) is 5.66. The summed E-state index contributed by atoms with van der Waals surface area (Å²) < 4.78 is 0. The van der Waals surface area contributed by atoms with Crippen molar-refractivity contribution in [1.29, 1.82) is 0 Å². The van der Waals surface area contributed by atoms with E-state index in [1.807, 2.05) is 12.1 Å². The lowest BCUT2D eigenvalue weighted by atomic mass is 9.82. The molecule has 0 spiro atoms. The second kappa shape index (κ2) is 9.07. The van der Waals surface area contributed by atoms with Gasteiger partial charge in [0.05, 0.1) is 12.6 Å². The molecule has 0 saturated carbocycles. The first-order chi connectivity index (χ1) is 12.6. The number of guanidine groups is 1. The lowest BCUT2D eigenvalue weighted by Gasteiger charge is -2.47. The summed E-state index contributed by atoms with van der Waals surface area (Å²) in [4.78, 5) is 7.18. The van der Waals surface area contributed by atoms with Crippen LogP contribution in [0.3, 0.4) is 0 Å². The molecule has 2 aliphatic heterocycles. The maximum atomic E-state index is 10.4. The van der Waals surface area contributed by atoms with Gasteiger partial charge < -0.3 is 20.6 Å². The van der Waals surface area contributed by atoms with Crippen LogP contribution in [0.4, 0.5) is 0 Å². The predicted octanol–water partition coefficient (Wildman–Crippen LogP) is 2.94. The number of aliphatic hydroxyl groups excluding tert-OH is 1. The Kier molecular flexibility index (Phi) is 6.79. The number of fused-ring (bicyclic) bond motifs is 2. The number of aliphatic imine (C=N–C) groups is 1. The zero-order valence-corrected chi connectivity index (χ0v) is 16.5. The quantitative estimate of drug-likeness (QED) is 0.544. The van der Waals surface area contributed by atoms with E-state index in [9.17, 15) is 5.11 Å². The van der Waals surface area contributed by atoms with Gasteiger partial charge in [-0.05, 0) is 57.4 Å². The standard InChI is InChI=1S/C20H31ClN4O/c1-3-22-20(23-13-19(26)14-7-9-15(21)10-8-14)24-16-11-17-5-4-6-18(12-16)25(17)2/h7-10,16-19,26H,3-6,11-13H2,1-2H3,(H2,22,23,24). The highest BCUT2D eigenvalue weighted by atomic mass is 35.5. The largest absolute Gasteiger partial charge is 0.386 e. The molecular weight excluding hydrogens is 348 g/mol. The number of piperidine rings is 2. The number of benzene rings is 1. The zero-order valence-electron chi connectivity index (χ0n) is 15.8. The van der Waals surface area contributed by atoms with Crippen LogP contribution in [0, 0.1) is 0 Å². The molecule has 0 amide bonds. The fourth-order valence-electron chi connectivity index (χ4n) is 4.22. The van der Waals surface area contributed by atoms with Crippen molar-refractivity contribution in [3.05, 3.63) is 34.9 Å². The van der Waals surface area contributed by atoms with Gasteiger partial charge in [0.15, 0.2) is 5.96 Å². The normalized spacial score (nSPS) is 27.8. The Balaban J connectivity index is 1.59. The number of hydrogen-bond donors (Lipinski definition) is 3. The molecule has 2 fully saturated rings. The lowest BCUT2D eigenvalue weighted by Crippen LogP contribution is -2.56. The van der Waals surface area contributed by atoms with Gasteiger partial charge in [-0.3, -0.25) is 4.99 Å². The van der Waals surface area contributed by atoms with Gasteiger partial charge in [-0.1, -0.05) is 30.2 Å². The van der Waals surface area contributed by atoms with Crippen LogP contribution >= 0.6 is 11.6 Å². The number of hydrogen-bond acceptors (Lipinski definition) is 3. The molecule has 3 unspecified atom stereocenters. The molecule has 3 rings (SSSR count). The lowest BCUT2D eigenvalue weighted by molar-refractivity contribution is 0.0526. The van der Waals surface area contributed by atoms with E-state index in [-0.39, 0.29) is 0 Å². The summed E-state index contributed by atoms with van der Waals surface area (Å²) in [5.74, 6) is 0.799. The molecule has 1 aromatic rings. The van der Waals surface area contributed by atoms with E-state index in [4.69, 9.17) is 11.6 Å².